The van der Waals surface area contributed by atoms with Crippen LogP contribution in [-0.2, 0) is 14.3 Å². The maximum absolute atomic E-state index is 10.4. The van der Waals surface area contributed by atoms with Crippen LogP contribution in [0.25, 0.3) is 0 Å². The number of rotatable bonds is 8. The quantitative estimate of drug-likeness (QED) is 0.543. The fourth-order valence-corrected chi connectivity index (χ4v) is 3.36. The van der Waals surface area contributed by atoms with Gasteiger partial charge < -0.3 is 14.6 Å². The van der Waals surface area contributed by atoms with E-state index in [4.69, 9.17) is 14.6 Å². The highest BCUT2D eigenvalue weighted by atomic mass is 16.5. The molecule has 4 heteroatoms. The van der Waals surface area contributed by atoms with Crippen molar-refractivity contribution in [3.8, 4) is 0 Å². The maximum atomic E-state index is 10.4. The average Bonchev–Trinajstić information content (AvgIpc) is 2.95. The van der Waals surface area contributed by atoms with Gasteiger partial charge in [-0.3, -0.25) is 4.79 Å². The monoisotopic (exact) mass is 268 g/mol. The van der Waals surface area contributed by atoms with E-state index in [1.54, 1.807) is 7.11 Å². The van der Waals surface area contributed by atoms with Gasteiger partial charge in [-0.1, -0.05) is 12.2 Å². The summed E-state index contributed by atoms with van der Waals surface area (Å²) in [4.78, 5) is 10.4. The Morgan fingerprint density at radius 3 is 2.74 bits per heavy atom. The van der Waals surface area contributed by atoms with Gasteiger partial charge in [0.1, 0.15) is 0 Å². The zero-order valence-electron chi connectivity index (χ0n) is 11.6. The fraction of sp³-hybridized carbons (Fsp3) is 0.800. The molecule has 0 amide bonds. The summed E-state index contributed by atoms with van der Waals surface area (Å²) in [6, 6.07) is 0. The van der Waals surface area contributed by atoms with Crippen molar-refractivity contribution in [3.63, 3.8) is 0 Å². The summed E-state index contributed by atoms with van der Waals surface area (Å²) in [5.74, 6) is 0.400. The normalized spacial score (nSPS) is 33.3. The van der Waals surface area contributed by atoms with Gasteiger partial charge in [0.05, 0.1) is 18.8 Å². The van der Waals surface area contributed by atoms with Crippen molar-refractivity contribution in [1.29, 1.82) is 0 Å². The van der Waals surface area contributed by atoms with Crippen LogP contribution in [0.4, 0.5) is 0 Å². The number of carboxylic acid groups (broad SMARTS) is 1. The summed E-state index contributed by atoms with van der Waals surface area (Å²) >= 11 is 0. The number of methoxy groups -OCH3 is 1. The Morgan fingerprint density at radius 2 is 2.05 bits per heavy atom. The lowest BCUT2D eigenvalue weighted by molar-refractivity contribution is -0.137. The molecule has 2 aliphatic rings. The first-order valence-electron chi connectivity index (χ1n) is 7.23. The van der Waals surface area contributed by atoms with E-state index in [9.17, 15) is 4.79 Å². The van der Waals surface area contributed by atoms with Crippen molar-refractivity contribution in [2.75, 3.05) is 13.7 Å². The summed E-state index contributed by atoms with van der Waals surface area (Å²) < 4.78 is 11.3. The van der Waals surface area contributed by atoms with Crippen molar-refractivity contribution in [2.24, 2.45) is 11.8 Å². The molecule has 0 aromatic heterocycles. The molecule has 0 spiro atoms. The van der Waals surface area contributed by atoms with Gasteiger partial charge in [-0.25, -0.2) is 0 Å². The van der Waals surface area contributed by atoms with Crippen molar-refractivity contribution in [1.82, 2.24) is 0 Å². The first kappa shape index (κ1) is 14.5. The Balaban J connectivity index is 1.72. The summed E-state index contributed by atoms with van der Waals surface area (Å²) in [5, 5.41) is 8.55. The molecule has 4 nitrogen and oxygen atoms in total. The molecule has 19 heavy (non-hydrogen) atoms. The number of unbranched alkanes of at least 4 members (excludes halogenated alkanes) is 1. The molecule has 0 aromatic rings. The van der Waals surface area contributed by atoms with Gasteiger partial charge in [-0.15, -0.1) is 0 Å². The molecule has 1 N–H and O–H groups in total. The average molecular weight is 268 g/mol. The number of hydrogen-bond donors (Lipinski definition) is 1. The second-order valence-electron chi connectivity index (χ2n) is 5.57. The molecule has 2 saturated heterocycles. The standard InChI is InChI=1S/C15H24O4/c1-18-10-12-11(13-8-9-14(12)19-13)6-4-2-3-5-7-15(16)17/h2,4,11-14H,3,5-10H2,1H3,(H,16,17)/t11-,12+,13-,14+/m1/s1. The first-order chi connectivity index (χ1) is 9.22. The number of hydrogen-bond acceptors (Lipinski definition) is 3. The highest BCUT2D eigenvalue weighted by Crippen LogP contribution is 2.45. The highest BCUT2D eigenvalue weighted by Gasteiger charge is 2.47. The Kier molecular flexibility index (Phi) is 5.40. The van der Waals surface area contributed by atoms with E-state index in [0.717, 1.165) is 25.9 Å². The van der Waals surface area contributed by atoms with Crippen LogP contribution in [0, 0.1) is 11.8 Å². The highest BCUT2D eigenvalue weighted by molar-refractivity contribution is 5.66. The third kappa shape index (κ3) is 3.80. The zero-order chi connectivity index (χ0) is 13.7. The van der Waals surface area contributed by atoms with Gasteiger partial charge in [0.2, 0.25) is 0 Å². The van der Waals surface area contributed by atoms with Gasteiger partial charge in [0.15, 0.2) is 0 Å². The molecule has 108 valence electrons. The van der Waals surface area contributed by atoms with Crippen molar-refractivity contribution < 1.29 is 19.4 Å². The SMILES string of the molecule is COC[C@H]1[C@@H](CC=CCCCC(=O)O)[C@H]2CC[C@@H]1O2. The summed E-state index contributed by atoms with van der Waals surface area (Å²) in [6.45, 7) is 0.790. The van der Waals surface area contributed by atoms with E-state index in [1.165, 1.54) is 12.8 Å². The van der Waals surface area contributed by atoms with Crippen LogP contribution in [0.3, 0.4) is 0 Å². The third-order valence-corrected chi connectivity index (χ3v) is 4.29. The lowest BCUT2D eigenvalue weighted by Gasteiger charge is -2.26. The van der Waals surface area contributed by atoms with Crippen molar-refractivity contribution in [2.45, 2.75) is 50.7 Å². The molecule has 0 radical (unpaired) electrons. The molecule has 0 aliphatic carbocycles. The van der Waals surface area contributed by atoms with Gasteiger partial charge in [0, 0.05) is 19.4 Å². The van der Waals surface area contributed by atoms with Gasteiger partial charge in [-0.2, -0.15) is 0 Å². The van der Waals surface area contributed by atoms with Crippen LogP contribution >= 0.6 is 0 Å². The molecule has 2 bridgehead atoms. The lowest BCUT2D eigenvalue weighted by atomic mass is 9.78. The van der Waals surface area contributed by atoms with Crippen LogP contribution in [0.5, 0.6) is 0 Å². The van der Waals surface area contributed by atoms with Crippen LogP contribution in [0.1, 0.15) is 38.5 Å². The second kappa shape index (κ2) is 7.06. The van der Waals surface area contributed by atoms with Crippen LogP contribution < -0.4 is 0 Å². The predicted octanol–water partition coefficient (Wildman–Crippen LogP) is 2.63. The van der Waals surface area contributed by atoms with Crippen LogP contribution in [0.15, 0.2) is 12.2 Å². The van der Waals surface area contributed by atoms with E-state index < -0.39 is 5.97 Å². The summed E-state index contributed by atoms with van der Waals surface area (Å²) in [6.07, 6.45) is 10.3. The molecule has 2 fully saturated rings. The fourth-order valence-electron chi connectivity index (χ4n) is 3.36. The zero-order valence-corrected chi connectivity index (χ0v) is 11.6. The molecular formula is C15H24O4. The minimum atomic E-state index is -0.713. The Bertz CT molecular complexity index is 326. The minimum absolute atomic E-state index is 0.258. The van der Waals surface area contributed by atoms with E-state index in [2.05, 4.69) is 12.2 Å². The van der Waals surface area contributed by atoms with Crippen molar-refractivity contribution >= 4 is 5.97 Å². The van der Waals surface area contributed by atoms with E-state index in [1.807, 2.05) is 0 Å². The molecule has 4 atom stereocenters. The molecule has 2 aliphatic heterocycles. The topological polar surface area (TPSA) is 55.8 Å². The maximum Gasteiger partial charge on any atom is 0.303 e. The number of allylic oxidation sites excluding steroid dienone is 2. The number of ether oxygens (including phenoxy) is 2. The second-order valence-corrected chi connectivity index (χ2v) is 5.57. The number of carbonyl (C=O) groups is 1. The lowest BCUT2D eigenvalue weighted by Crippen LogP contribution is -2.30. The van der Waals surface area contributed by atoms with E-state index in [-0.39, 0.29) is 6.42 Å². The number of fused-ring (bicyclic) bond motifs is 2. The summed E-state index contributed by atoms with van der Waals surface area (Å²) in [7, 11) is 1.75. The molecule has 0 unspecified atom stereocenters. The predicted molar refractivity (Wildman–Crippen MR) is 72.0 cm³/mol. The molecule has 2 heterocycles. The van der Waals surface area contributed by atoms with Gasteiger partial charge >= 0.3 is 5.97 Å². The molecule has 2 rings (SSSR count). The molecule has 0 aromatic carbocycles. The third-order valence-electron chi connectivity index (χ3n) is 4.29. The Hall–Kier alpha value is -0.870. The van der Waals surface area contributed by atoms with E-state index in [0.29, 0.717) is 24.0 Å². The van der Waals surface area contributed by atoms with Crippen molar-refractivity contribution in [3.05, 3.63) is 12.2 Å². The van der Waals surface area contributed by atoms with Gasteiger partial charge in [0.25, 0.3) is 0 Å². The molecular weight excluding hydrogens is 244 g/mol. The first-order valence-corrected chi connectivity index (χ1v) is 7.23. The van der Waals surface area contributed by atoms with Crippen LogP contribution in [-0.4, -0.2) is 37.0 Å². The number of aliphatic carboxylic acids is 1. The largest absolute Gasteiger partial charge is 0.481 e. The Morgan fingerprint density at radius 1 is 1.32 bits per heavy atom. The van der Waals surface area contributed by atoms with Gasteiger partial charge in [-0.05, 0) is 38.0 Å². The summed E-state index contributed by atoms with van der Waals surface area (Å²) in [5.41, 5.74) is 0. The molecule has 0 saturated carbocycles. The number of carboxylic acids is 1. The van der Waals surface area contributed by atoms with Crippen LogP contribution in [0.2, 0.25) is 0 Å². The van der Waals surface area contributed by atoms with E-state index >= 15 is 0 Å². The Labute approximate surface area is 114 Å². The minimum Gasteiger partial charge on any atom is -0.481 e. The smallest absolute Gasteiger partial charge is 0.303 e.